The van der Waals surface area contributed by atoms with E-state index in [-0.39, 0.29) is 11.3 Å². The third kappa shape index (κ3) is 3.48. The van der Waals surface area contributed by atoms with Crippen LogP contribution in [0, 0.1) is 6.92 Å². The molecule has 1 atom stereocenters. The van der Waals surface area contributed by atoms with Gasteiger partial charge in [0.15, 0.2) is 0 Å². The second-order valence-electron chi connectivity index (χ2n) is 8.68. The van der Waals surface area contributed by atoms with E-state index >= 15 is 0 Å². The average molecular weight is 414 g/mol. The molecule has 1 amide bonds. The molecular weight excluding hydrogens is 386 g/mol. The zero-order chi connectivity index (χ0) is 21.4. The van der Waals surface area contributed by atoms with Crippen LogP contribution in [-0.4, -0.2) is 41.0 Å². The highest BCUT2D eigenvalue weighted by Crippen LogP contribution is 2.44. The van der Waals surface area contributed by atoms with Gasteiger partial charge in [-0.1, -0.05) is 30.3 Å². The number of rotatable bonds is 3. The van der Waals surface area contributed by atoms with Gasteiger partial charge in [-0.3, -0.25) is 4.79 Å². The van der Waals surface area contributed by atoms with Crippen molar-refractivity contribution in [3.8, 4) is 16.9 Å². The number of hydrogen-bond acceptors (Lipinski definition) is 4. The molecule has 1 saturated heterocycles. The number of aromatic nitrogens is 2. The molecule has 3 aromatic rings. The molecule has 1 aliphatic carbocycles. The second kappa shape index (κ2) is 7.80. The van der Waals surface area contributed by atoms with Gasteiger partial charge in [0.05, 0.1) is 12.8 Å². The van der Waals surface area contributed by atoms with Crippen LogP contribution in [-0.2, 0) is 11.8 Å². The van der Waals surface area contributed by atoms with Crippen molar-refractivity contribution in [3.05, 3.63) is 77.4 Å². The number of nitrogens with zero attached hydrogens (tertiary/aromatic N) is 3. The number of para-hydroxylation sites is 1. The van der Waals surface area contributed by atoms with Gasteiger partial charge in [-0.05, 0) is 61.9 Å². The fourth-order valence-electron chi connectivity index (χ4n) is 5.22. The van der Waals surface area contributed by atoms with Crippen molar-refractivity contribution in [3.63, 3.8) is 0 Å². The van der Waals surface area contributed by atoms with Gasteiger partial charge in [-0.2, -0.15) is 0 Å². The van der Waals surface area contributed by atoms with Crippen LogP contribution in [0.25, 0.3) is 11.1 Å². The van der Waals surface area contributed by atoms with Gasteiger partial charge in [0, 0.05) is 35.8 Å². The molecule has 1 aliphatic heterocycles. The van der Waals surface area contributed by atoms with E-state index in [1.165, 1.54) is 11.3 Å². The molecule has 0 bridgehead atoms. The summed E-state index contributed by atoms with van der Waals surface area (Å²) in [6.07, 6.45) is 6.11. The Hall–Kier alpha value is -3.21. The summed E-state index contributed by atoms with van der Waals surface area (Å²) in [5.41, 5.74) is 5.09. The molecule has 1 aromatic heterocycles. The highest BCUT2D eigenvalue weighted by molar-refractivity contribution is 5.96. The topological polar surface area (TPSA) is 55.3 Å². The Bertz CT molecular complexity index is 1140. The Morgan fingerprint density at radius 1 is 1.13 bits per heavy atom. The Morgan fingerprint density at radius 2 is 2.00 bits per heavy atom. The zero-order valence-electron chi connectivity index (χ0n) is 18.1. The Labute approximate surface area is 183 Å². The van der Waals surface area contributed by atoms with Crippen molar-refractivity contribution >= 4 is 5.91 Å². The van der Waals surface area contributed by atoms with E-state index in [1.54, 1.807) is 7.11 Å². The van der Waals surface area contributed by atoms with E-state index in [4.69, 9.17) is 9.72 Å². The van der Waals surface area contributed by atoms with Gasteiger partial charge in [-0.25, -0.2) is 9.97 Å². The number of benzene rings is 2. The van der Waals surface area contributed by atoms with Crippen LogP contribution in [0.5, 0.6) is 5.75 Å². The fraction of sp³-hybridized carbons (Fsp3) is 0.346. The Balaban J connectivity index is 1.43. The largest absolute Gasteiger partial charge is 0.496 e. The van der Waals surface area contributed by atoms with Crippen molar-refractivity contribution < 1.29 is 9.53 Å². The Kier molecular flexibility index (Phi) is 4.97. The first kappa shape index (κ1) is 19.7. The minimum absolute atomic E-state index is 0.0306. The molecular formula is C26H27N3O2. The first-order valence-corrected chi connectivity index (χ1v) is 11.0. The third-order valence-corrected chi connectivity index (χ3v) is 6.75. The van der Waals surface area contributed by atoms with E-state index in [0.717, 1.165) is 67.0 Å². The number of methoxy groups -OCH3 is 1. The van der Waals surface area contributed by atoms with E-state index in [0.29, 0.717) is 0 Å². The monoisotopic (exact) mass is 413 g/mol. The normalized spacial score (nSPS) is 20.0. The molecule has 1 unspecified atom stereocenters. The predicted molar refractivity (Wildman–Crippen MR) is 120 cm³/mol. The number of fused-ring (bicyclic) bond motifs is 2. The molecule has 0 saturated carbocycles. The van der Waals surface area contributed by atoms with Gasteiger partial charge in [0.1, 0.15) is 11.6 Å². The summed E-state index contributed by atoms with van der Waals surface area (Å²) in [6.45, 7) is 3.47. The molecule has 1 spiro atoms. The SMILES string of the molecule is COc1ccccc1-c1cccc(C(=O)N2CCCC3(CCc4cnc(C)nc43)C2)c1. The number of likely N-dealkylation sites (tertiary alicyclic amines) is 1. The molecule has 5 heteroatoms. The van der Waals surface area contributed by atoms with Crippen LogP contribution in [0.1, 0.15) is 46.7 Å². The van der Waals surface area contributed by atoms with Gasteiger partial charge < -0.3 is 9.64 Å². The maximum Gasteiger partial charge on any atom is 0.253 e. The van der Waals surface area contributed by atoms with Gasteiger partial charge in [0.2, 0.25) is 0 Å². The predicted octanol–water partition coefficient (Wildman–Crippen LogP) is 4.58. The summed E-state index contributed by atoms with van der Waals surface area (Å²) in [5, 5.41) is 0. The molecule has 2 aliphatic rings. The highest BCUT2D eigenvalue weighted by Gasteiger charge is 2.44. The summed E-state index contributed by atoms with van der Waals surface area (Å²) >= 11 is 0. The van der Waals surface area contributed by atoms with Crippen LogP contribution in [0.15, 0.2) is 54.7 Å². The first-order valence-electron chi connectivity index (χ1n) is 11.0. The van der Waals surface area contributed by atoms with E-state index in [9.17, 15) is 4.79 Å². The van der Waals surface area contributed by atoms with E-state index in [2.05, 4.69) is 4.98 Å². The molecule has 158 valence electrons. The van der Waals surface area contributed by atoms with Crippen molar-refractivity contribution in [2.45, 2.75) is 38.0 Å². The highest BCUT2D eigenvalue weighted by atomic mass is 16.5. The minimum Gasteiger partial charge on any atom is -0.496 e. The molecule has 2 aromatic carbocycles. The van der Waals surface area contributed by atoms with Gasteiger partial charge in [-0.15, -0.1) is 0 Å². The summed E-state index contributed by atoms with van der Waals surface area (Å²) in [6, 6.07) is 15.8. The van der Waals surface area contributed by atoms with E-state index in [1.807, 2.05) is 66.6 Å². The van der Waals surface area contributed by atoms with E-state index < -0.39 is 0 Å². The molecule has 1 fully saturated rings. The van der Waals surface area contributed by atoms with Crippen molar-refractivity contribution in [1.29, 1.82) is 0 Å². The molecule has 5 nitrogen and oxygen atoms in total. The molecule has 0 N–H and O–H groups in total. The van der Waals surface area contributed by atoms with Gasteiger partial charge >= 0.3 is 0 Å². The Morgan fingerprint density at radius 3 is 2.87 bits per heavy atom. The average Bonchev–Trinajstić information content (AvgIpc) is 3.15. The number of piperidine rings is 1. The van der Waals surface area contributed by atoms with Crippen LogP contribution in [0.2, 0.25) is 0 Å². The first-order chi connectivity index (χ1) is 15.1. The number of hydrogen-bond donors (Lipinski definition) is 0. The van der Waals surface area contributed by atoms with Gasteiger partial charge in [0.25, 0.3) is 5.91 Å². The zero-order valence-corrected chi connectivity index (χ0v) is 18.1. The molecule has 31 heavy (non-hydrogen) atoms. The van der Waals surface area contributed by atoms with Crippen molar-refractivity contribution in [2.24, 2.45) is 0 Å². The second-order valence-corrected chi connectivity index (χ2v) is 8.68. The number of aryl methyl sites for hydroxylation is 2. The van der Waals surface area contributed by atoms with Crippen molar-refractivity contribution in [1.82, 2.24) is 14.9 Å². The third-order valence-electron chi connectivity index (χ3n) is 6.75. The lowest BCUT2D eigenvalue weighted by molar-refractivity contribution is 0.0633. The van der Waals surface area contributed by atoms with Crippen LogP contribution in [0.3, 0.4) is 0 Å². The molecule has 0 radical (unpaired) electrons. The van der Waals surface area contributed by atoms with Crippen LogP contribution in [0.4, 0.5) is 0 Å². The smallest absolute Gasteiger partial charge is 0.253 e. The quantitative estimate of drug-likeness (QED) is 0.631. The lowest BCUT2D eigenvalue weighted by Gasteiger charge is -2.40. The standard InChI is InChI=1S/C26H27N3O2/c1-18-27-16-21-11-13-26(24(21)28-18)12-6-14-29(17-26)25(30)20-8-5-7-19(15-20)22-9-3-4-10-23(22)31-2/h3-5,7-10,15-16H,6,11-14,17H2,1-2H3. The minimum atomic E-state index is -0.0306. The summed E-state index contributed by atoms with van der Waals surface area (Å²) in [7, 11) is 1.67. The maximum absolute atomic E-state index is 13.5. The number of ether oxygens (including phenoxy) is 1. The van der Waals surface area contributed by atoms with Crippen molar-refractivity contribution in [2.75, 3.05) is 20.2 Å². The number of amides is 1. The van der Waals surface area contributed by atoms with Crippen LogP contribution < -0.4 is 4.74 Å². The number of carbonyl (C=O) groups is 1. The molecule has 2 heterocycles. The lowest BCUT2D eigenvalue weighted by Crippen LogP contribution is -2.48. The number of carbonyl (C=O) groups excluding carboxylic acids is 1. The maximum atomic E-state index is 13.5. The summed E-state index contributed by atoms with van der Waals surface area (Å²) < 4.78 is 5.52. The summed E-state index contributed by atoms with van der Waals surface area (Å²) in [4.78, 5) is 24.7. The molecule has 5 rings (SSSR count). The fourth-order valence-corrected chi connectivity index (χ4v) is 5.22. The van der Waals surface area contributed by atoms with Crippen LogP contribution >= 0.6 is 0 Å². The lowest BCUT2D eigenvalue weighted by atomic mass is 9.77. The summed E-state index contributed by atoms with van der Waals surface area (Å²) in [5.74, 6) is 1.71.